The van der Waals surface area contributed by atoms with Crippen LogP contribution in [0.5, 0.6) is 0 Å². The summed E-state index contributed by atoms with van der Waals surface area (Å²) in [7, 11) is 0. The second-order valence-corrected chi connectivity index (χ2v) is 3.91. The van der Waals surface area contributed by atoms with E-state index < -0.39 is 5.97 Å². The Balaban J connectivity index is 0.000000963. The van der Waals surface area contributed by atoms with Crippen LogP contribution in [-0.4, -0.2) is 11.1 Å². The van der Waals surface area contributed by atoms with E-state index in [9.17, 15) is 4.79 Å². The van der Waals surface area contributed by atoms with E-state index in [0.717, 1.165) is 29.4 Å². The van der Waals surface area contributed by atoms with Crippen molar-refractivity contribution >= 4 is 29.1 Å². The Bertz CT molecular complexity index is 575. The van der Waals surface area contributed by atoms with Crippen LogP contribution in [0.4, 0.5) is 0 Å². The maximum absolute atomic E-state index is 11.1. The predicted octanol–water partition coefficient (Wildman–Crippen LogP) is 3.06. The fourth-order valence-corrected chi connectivity index (χ4v) is 2.44. The quantitative estimate of drug-likeness (QED) is 0.824. The monoisotopic (exact) mass is 234 g/mol. The molecule has 2 aliphatic rings. The summed E-state index contributed by atoms with van der Waals surface area (Å²) in [4.78, 5) is 11.1. The molecule has 2 aliphatic carbocycles. The molecule has 82 valence electrons. The van der Waals surface area contributed by atoms with Gasteiger partial charge in [-0.05, 0) is 40.8 Å². The minimum absolute atomic E-state index is 0. The Morgan fingerprint density at radius 1 is 1.12 bits per heavy atom. The number of hydrogen-bond acceptors (Lipinski definition) is 1. The van der Waals surface area contributed by atoms with E-state index in [-0.39, 0.29) is 12.4 Å². The van der Waals surface area contributed by atoms with Crippen molar-refractivity contribution in [2.45, 2.75) is 12.8 Å². The first-order chi connectivity index (χ1) is 7.27. The summed E-state index contributed by atoms with van der Waals surface area (Å²) in [6, 6.07) is 9.87. The Labute approximate surface area is 99.3 Å². The molecule has 2 aromatic carbocycles. The fraction of sp³-hybridized carbons (Fsp3) is 0.154. The molecule has 2 aromatic rings. The highest BCUT2D eigenvalue weighted by atomic mass is 35.5. The largest absolute Gasteiger partial charge is 0.478 e. The van der Waals surface area contributed by atoms with Gasteiger partial charge in [-0.1, -0.05) is 24.3 Å². The lowest BCUT2D eigenvalue weighted by atomic mass is 9.84. The molecule has 0 radical (unpaired) electrons. The number of halogens is 1. The molecule has 0 saturated heterocycles. The highest BCUT2D eigenvalue weighted by Gasteiger charge is 2.20. The van der Waals surface area contributed by atoms with Gasteiger partial charge in [-0.2, -0.15) is 0 Å². The zero-order valence-corrected chi connectivity index (χ0v) is 9.38. The summed E-state index contributed by atoms with van der Waals surface area (Å²) in [5.41, 5.74) is 2.64. The van der Waals surface area contributed by atoms with Crippen molar-refractivity contribution in [3.63, 3.8) is 0 Å². The van der Waals surface area contributed by atoms with Crippen molar-refractivity contribution in [2.24, 2.45) is 0 Å². The van der Waals surface area contributed by atoms with E-state index in [1.54, 1.807) is 0 Å². The maximum Gasteiger partial charge on any atom is 0.335 e. The van der Waals surface area contributed by atoms with Crippen LogP contribution in [0, 0.1) is 0 Å². The van der Waals surface area contributed by atoms with Gasteiger partial charge in [0, 0.05) is 0 Å². The summed E-state index contributed by atoms with van der Waals surface area (Å²) in [6.45, 7) is 0. The minimum atomic E-state index is -0.809. The first-order valence-electron chi connectivity index (χ1n) is 5.04. The SMILES string of the molecule is Cl.O=C(O)c1cc2c3ccccc3c1CC2. The molecule has 0 saturated carbocycles. The number of rotatable bonds is 1. The Morgan fingerprint density at radius 2 is 1.81 bits per heavy atom. The fourth-order valence-electron chi connectivity index (χ4n) is 2.44. The van der Waals surface area contributed by atoms with Crippen LogP contribution in [-0.2, 0) is 12.8 Å². The van der Waals surface area contributed by atoms with Gasteiger partial charge in [0.25, 0.3) is 0 Å². The normalized spacial score (nSPS) is 12.5. The van der Waals surface area contributed by atoms with Crippen molar-refractivity contribution in [1.82, 2.24) is 0 Å². The molecule has 16 heavy (non-hydrogen) atoms. The molecule has 1 N–H and O–H groups in total. The average Bonchev–Trinajstić information content (AvgIpc) is 2.30. The molecule has 0 unspecified atom stereocenters. The van der Waals surface area contributed by atoms with Crippen LogP contribution in [0.25, 0.3) is 10.8 Å². The molecular formula is C13H11ClO2. The lowest BCUT2D eigenvalue weighted by Gasteiger charge is -2.20. The summed E-state index contributed by atoms with van der Waals surface area (Å²) in [5.74, 6) is -0.809. The van der Waals surface area contributed by atoms with Crippen LogP contribution >= 0.6 is 12.4 Å². The minimum Gasteiger partial charge on any atom is -0.478 e. The van der Waals surface area contributed by atoms with Crippen LogP contribution in [0.2, 0.25) is 0 Å². The molecule has 0 amide bonds. The highest BCUT2D eigenvalue weighted by Crippen LogP contribution is 2.33. The predicted molar refractivity (Wildman–Crippen MR) is 65.6 cm³/mol. The molecular weight excluding hydrogens is 224 g/mol. The number of carboxylic acid groups (broad SMARTS) is 1. The number of carbonyl (C=O) groups is 1. The van der Waals surface area contributed by atoms with E-state index in [1.165, 1.54) is 5.39 Å². The summed E-state index contributed by atoms with van der Waals surface area (Å²) < 4.78 is 0. The van der Waals surface area contributed by atoms with Gasteiger partial charge in [-0.25, -0.2) is 4.79 Å². The van der Waals surface area contributed by atoms with Gasteiger partial charge in [-0.15, -0.1) is 12.4 Å². The van der Waals surface area contributed by atoms with E-state index in [1.807, 2.05) is 24.3 Å². The van der Waals surface area contributed by atoms with Crippen molar-refractivity contribution < 1.29 is 9.90 Å². The average molecular weight is 235 g/mol. The maximum atomic E-state index is 11.1. The molecule has 3 heteroatoms. The number of carboxylic acids is 1. The lowest BCUT2D eigenvalue weighted by Crippen LogP contribution is -2.11. The van der Waals surface area contributed by atoms with Gasteiger partial charge in [0.1, 0.15) is 0 Å². The first-order valence-corrected chi connectivity index (χ1v) is 5.04. The summed E-state index contributed by atoms with van der Waals surface area (Å²) in [5, 5.41) is 11.4. The highest BCUT2D eigenvalue weighted by molar-refractivity contribution is 6.00. The molecule has 2 nitrogen and oxygen atoms in total. The van der Waals surface area contributed by atoms with Crippen molar-refractivity contribution in [3.8, 4) is 0 Å². The topological polar surface area (TPSA) is 37.3 Å². The Morgan fingerprint density at radius 3 is 2.50 bits per heavy atom. The number of aryl methyl sites for hydroxylation is 2. The lowest BCUT2D eigenvalue weighted by molar-refractivity contribution is 0.0695. The van der Waals surface area contributed by atoms with Gasteiger partial charge in [0.05, 0.1) is 5.56 Å². The van der Waals surface area contributed by atoms with E-state index in [2.05, 4.69) is 6.07 Å². The first kappa shape index (κ1) is 11.0. The van der Waals surface area contributed by atoms with Gasteiger partial charge in [0.2, 0.25) is 0 Å². The van der Waals surface area contributed by atoms with Crippen LogP contribution < -0.4 is 0 Å². The van der Waals surface area contributed by atoms with Crippen LogP contribution in [0.3, 0.4) is 0 Å². The Kier molecular flexibility index (Phi) is 2.60. The standard InChI is InChI=1S/C13H10O2.ClH/c14-13(15)12-7-8-5-6-11(12)10-4-2-1-3-9(8)10;/h1-4,7H,5-6H2,(H,14,15);1H. The van der Waals surface area contributed by atoms with Crippen molar-refractivity contribution in [3.05, 3.63) is 47.0 Å². The van der Waals surface area contributed by atoms with Gasteiger partial charge >= 0.3 is 5.97 Å². The third kappa shape index (κ3) is 1.38. The molecule has 0 aliphatic heterocycles. The van der Waals surface area contributed by atoms with E-state index in [0.29, 0.717) is 5.56 Å². The molecule has 2 bridgehead atoms. The molecule has 0 aromatic heterocycles. The van der Waals surface area contributed by atoms with Crippen molar-refractivity contribution in [1.29, 1.82) is 0 Å². The third-order valence-corrected chi connectivity index (χ3v) is 3.12. The van der Waals surface area contributed by atoms with Gasteiger partial charge < -0.3 is 5.11 Å². The zero-order chi connectivity index (χ0) is 10.4. The van der Waals surface area contributed by atoms with E-state index >= 15 is 0 Å². The van der Waals surface area contributed by atoms with Gasteiger partial charge in [0.15, 0.2) is 0 Å². The molecule has 0 heterocycles. The number of fused-ring (bicyclic) bond motifs is 2. The molecule has 0 spiro atoms. The molecule has 0 atom stereocenters. The molecule has 4 rings (SSSR count). The second kappa shape index (κ2) is 3.80. The summed E-state index contributed by atoms with van der Waals surface area (Å²) >= 11 is 0. The molecule has 0 fully saturated rings. The number of aromatic carboxylic acids is 1. The smallest absolute Gasteiger partial charge is 0.335 e. The van der Waals surface area contributed by atoms with E-state index in [4.69, 9.17) is 5.11 Å². The Hall–Kier alpha value is -1.54. The summed E-state index contributed by atoms with van der Waals surface area (Å²) in [6.07, 6.45) is 1.84. The number of benzene rings is 2. The number of hydrogen-bond donors (Lipinski definition) is 1. The zero-order valence-electron chi connectivity index (χ0n) is 8.56. The second-order valence-electron chi connectivity index (χ2n) is 3.91. The third-order valence-electron chi connectivity index (χ3n) is 3.12. The van der Waals surface area contributed by atoms with Crippen LogP contribution in [0.1, 0.15) is 21.5 Å². The van der Waals surface area contributed by atoms with Gasteiger partial charge in [-0.3, -0.25) is 0 Å². The van der Waals surface area contributed by atoms with Crippen molar-refractivity contribution in [2.75, 3.05) is 0 Å². The van der Waals surface area contributed by atoms with Crippen LogP contribution in [0.15, 0.2) is 30.3 Å².